The Hall–Kier alpha value is -4.59. The third-order valence-electron chi connectivity index (χ3n) is 5.66. The predicted molar refractivity (Wildman–Crippen MR) is 148 cm³/mol. The lowest BCUT2D eigenvalue weighted by atomic mass is 10.1. The van der Waals surface area contributed by atoms with Gasteiger partial charge in [0.05, 0.1) is 19.0 Å². The first kappa shape index (κ1) is 29.4. The number of ether oxygens (including phenoxy) is 2. The predicted octanol–water partition coefficient (Wildman–Crippen LogP) is 6.36. The Morgan fingerprint density at radius 2 is 1.68 bits per heavy atom. The third kappa shape index (κ3) is 7.33. The first-order chi connectivity index (χ1) is 19.5. The summed E-state index contributed by atoms with van der Waals surface area (Å²) in [6.07, 6.45) is -7.37. The van der Waals surface area contributed by atoms with Gasteiger partial charge in [-0.05, 0) is 72.2 Å². The van der Waals surface area contributed by atoms with Crippen molar-refractivity contribution < 1.29 is 31.4 Å². The fraction of sp³-hybridized carbons (Fsp3) is 0.185. The number of nitrogens with zero attached hydrogens (tertiary/aromatic N) is 4. The van der Waals surface area contributed by atoms with Crippen LogP contribution in [0.2, 0.25) is 0 Å². The Labute approximate surface area is 236 Å². The van der Waals surface area contributed by atoms with Crippen LogP contribution in [-0.4, -0.2) is 45.5 Å². The average Bonchev–Trinajstić information content (AvgIpc) is 3.43. The molecule has 2 N–H and O–H groups in total. The van der Waals surface area contributed by atoms with Crippen molar-refractivity contribution in [1.29, 1.82) is 0 Å². The van der Waals surface area contributed by atoms with E-state index in [1.807, 2.05) is 25.1 Å². The van der Waals surface area contributed by atoms with Crippen molar-refractivity contribution in [1.82, 2.24) is 20.2 Å². The molecular weight excluding hydrogens is 567 g/mol. The van der Waals surface area contributed by atoms with E-state index in [1.54, 1.807) is 37.6 Å². The molecule has 0 amide bonds. The van der Waals surface area contributed by atoms with Crippen LogP contribution >= 0.6 is 12.2 Å². The molecule has 41 heavy (non-hydrogen) atoms. The van der Waals surface area contributed by atoms with Gasteiger partial charge in [-0.1, -0.05) is 31.2 Å². The molecule has 8 nitrogen and oxygen atoms in total. The van der Waals surface area contributed by atoms with Gasteiger partial charge in [-0.3, -0.25) is 5.43 Å². The number of rotatable bonds is 9. The molecule has 1 heterocycles. The molecule has 0 saturated carbocycles. The number of nitrogens with one attached hydrogen (secondary N) is 2. The molecule has 4 aromatic rings. The van der Waals surface area contributed by atoms with Crippen LogP contribution in [0.5, 0.6) is 11.5 Å². The van der Waals surface area contributed by atoms with E-state index in [4.69, 9.17) is 17.0 Å². The fourth-order valence-corrected chi connectivity index (χ4v) is 3.70. The van der Waals surface area contributed by atoms with Crippen LogP contribution in [0, 0.1) is 0 Å². The van der Waals surface area contributed by atoms with Crippen molar-refractivity contribution in [2.75, 3.05) is 12.4 Å². The number of hydrazone groups is 1. The minimum absolute atomic E-state index is 0.320. The molecular formula is C27H23F5N6O2S. The van der Waals surface area contributed by atoms with Crippen molar-refractivity contribution in [3.8, 4) is 28.6 Å². The summed E-state index contributed by atoms with van der Waals surface area (Å²) in [5, 5.41) is 11.9. The van der Waals surface area contributed by atoms with E-state index in [0.717, 1.165) is 41.1 Å². The average molecular weight is 591 g/mol. The smallest absolute Gasteiger partial charge is 0.497 e. The van der Waals surface area contributed by atoms with Crippen LogP contribution in [0.15, 0.2) is 78.2 Å². The number of thiocarbonyl (C=S) groups is 1. The van der Waals surface area contributed by atoms with E-state index < -0.39 is 18.0 Å². The lowest BCUT2D eigenvalue weighted by Crippen LogP contribution is -2.41. The second-order valence-corrected chi connectivity index (χ2v) is 8.85. The molecule has 214 valence electrons. The van der Waals surface area contributed by atoms with E-state index in [-0.39, 0.29) is 0 Å². The first-order valence-electron chi connectivity index (χ1n) is 12.0. The van der Waals surface area contributed by atoms with Gasteiger partial charge in [0.25, 0.3) is 0 Å². The maximum atomic E-state index is 13.1. The van der Waals surface area contributed by atoms with Gasteiger partial charge < -0.3 is 14.8 Å². The van der Waals surface area contributed by atoms with Crippen LogP contribution in [0.4, 0.5) is 27.6 Å². The monoisotopic (exact) mass is 590 g/mol. The number of methoxy groups -OCH3 is 1. The lowest BCUT2D eigenvalue weighted by molar-refractivity contribution is -0.360. The van der Waals surface area contributed by atoms with E-state index in [0.29, 0.717) is 22.2 Å². The minimum Gasteiger partial charge on any atom is -0.497 e. The summed E-state index contributed by atoms with van der Waals surface area (Å²) in [5.74, 6) is 0.481. The summed E-state index contributed by atoms with van der Waals surface area (Å²) in [7, 11) is 1.61. The van der Waals surface area contributed by atoms with Gasteiger partial charge >= 0.3 is 12.3 Å². The van der Waals surface area contributed by atoms with Crippen molar-refractivity contribution >= 4 is 29.2 Å². The van der Waals surface area contributed by atoms with Crippen molar-refractivity contribution in [3.63, 3.8) is 0 Å². The largest absolute Gasteiger partial charge is 0.499 e. The van der Waals surface area contributed by atoms with Gasteiger partial charge in [-0.15, -0.1) is 5.10 Å². The molecule has 0 spiro atoms. The zero-order chi connectivity index (χ0) is 29.6. The second kappa shape index (κ2) is 12.3. The Morgan fingerprint density at radius 3 is 2.32 bits per heavy atom. The highest BCUT2D eigenvalue weighted by molar-refractivity contribution is 7.80. The Kier molecular flexibility index (Phi) is 8.81. The zero-order valence-corrected chi connectivity index (χ0v) is 22.4. The maximum Gasteiger partial charge on any atom is 0.499 e. The fourth-order valence-electron chi connectivity index (χ4n) is 3.54. The van der Waals surface area contributed by atoms with Crippen LogP contribution in [0.1, 0.15) is 18.1 Å². The van der Waals surface area contributed by atoms with Crippen LogP contribution < -0.4 is 20.2 Å². The summed E-state index contributed by atoms with van der Waals surface area (Å²) in [4.78, 5) is 4.23. The Morgan fingerprint density at radius 1 is 1.00 bits per heavy atom. The summed E-state index contributed by atoms with van der Waals surface area (Å²) in [5.41, 5.74) is 6.50. The van der Waals surface area contributed by atoms with Crippen LogP contribution in [-0.2, 0) is 6.42 Å². The normalized spacial score (nSPS) is 11.9. The number of alkyl halides is 5. The van der Waals surface area contributed by atoms with Crippen molar-refractivity contribution in [3.05, 3.63) is 84.2 Å². The molecule has 0 unspecified atom stereocenters. The molecule has 1 aromatic heterocycles. The van der Waals surface area contributed by atoms with Gasteiger partial charge in [0.1, 0.15) is 17.8 Å². The molecule has 0 atom stereocenters. The Balaban J connectivity index is 1.34. The van der Waals surface area contributed by atoms with E-state index in [2.05, 4.69) is 30.7 Å². The van der Waals surface area contributed by atoms with Gasteiger partial charge in [0.15, 0.2) is 10.9 Å². The van der Waals surface area contributed by atoms with Crippen LogP contribution in [0.3, 0.4) is 0 Å². The van der Waals surface area contributed by atoms with Crippen molar-refractivity contribution in [2.24, 2.45) is 5.10 Å². The second-order valence-electron chi connectivity index (χ2n) is 8.45. The number of aryl methyl sites for hydroxylation is 1. The molecule has 0 aliphatic rings. The van der Waals surface area contributed by atoms with E-state index in [1.165, 1.54) is 23.1 Å². The standard InChI is InChI=1S/C27H23F5N6O2S/c1-3-18-14-22(39-2)12-13-23(18)35-25(41)36-34-15-17-4-6-19(7-5-17)24-33-16-38(37-24)20-8-10-21(11-9-20)40-27(31,32)26(28,29)30/h4-16H,3H2,1-2H3,(H2,35,36,41). The highest BCUT2D eigenvalue weighted by atomic mass is 32.1. The number of halogens is 5. The van der Waals surface area contributed by atoms with Crippen LogP contribution in [0.25, 0.3) is 17.1 Å². The topological polar surface area (TPSA) is 85.6 Å². The molecule has 0 fully saturated rings. The number of benzene rings is 3. The number of aromatic nitrogens is 3. The number of hydrogen-bond donors (Lipinski definition) is 2. The molecule has 0 radical (unpaired) electrons. The van der Waals surface area contributed by atoms with E-state index >= 15 is 0 Å². The van der Waals surface area contributed by atoms with Crippen molar-refractivity contribution in [2.45, 2.75) is 25.6 Å². The molecule has 0 saturated heterocycles. The molecule has 0 aliphatic heterocycles. The highest BCUT2D eigenvalue weighted by Crippen LogP contribution is 2.37. The summed E-state index contributed by atoms with van der Waals surface area (Å²) < 4.78 is 73.6. The molecule has 14 heteroatoms. The first-order valence-corrected chi connectivity index (χ1v) is 12.4. The molecule has 3 aromatic carbocycles. The summed E-state index contributed by atoms with van der Waals surface area (Å²) >= 11 is 5.32. The minimum atomic E-state index is -5.83. The van der Waals surface area contributed by atoms with Gasteiger partial charge in [0.2, 0.25) is 0 Å². The van der Waals surface area contributed by atoms with Gasteiger partial charge in [-0.2, -0.15) is 27.1 Å². The lowest BCUT2D eigenvalue weighted by Gasteiger charge is -2.20. The number of hydrogen-bond acceptors (Lipinski definition) is 6. The SMILES string of the molecule is CCc1cc(OC)ccc1NC(=S)NN=Cc1ccc(-c2ncn(-c3ccc(OC(F)(F)C(F)(F)F)cc3)n2)cc1. The Bertz CT molecular complexity index is 1520. The number of anilines is 1. The zero-order valence-electron chi connectivity index (χ0n) is 21.6. The quantitative estimate of drug-likeness (QED) is 0.102. The molecule has 0 bridgehead atoms. The highest BCUT2D eigenvalue weighted by Gasteiger charge is 2.61. The van der Waals surface area contributed by atoms with Gasteiger partial charge in [0, 0.05) is 11.3 Å². The maximum absolute atomic E-state index is 13.1. The third-order valence-corrected chi connectivity index (χ3v) is 5.85. The van der Waals surface area contributed by atoms with E-state index in [9.17, 15) is 22.0 Å². The molecule has 4 rings (SSSR count). The molecule has 0 aliphatic carbocycles. The summed E-state index contributed by atoms with van der Waals surface area (Å²) in [6.45, 7) is 2.03. The van der Waals surface area contributed by atoms with Gasteiger partial charge in [-0.25, -0.2) is 9.67 Å². The summed E-state index contributed by atoms with van der Waals surface area (Å²) in [6, 6.07) is 17.3.